The van der Waals surface area contributed by atoms with Gasteiger partial charge in [-0.1, -0.05) is 12.2 Å². The number of hydrogen-bond donors (Lipinski definition) is 2. The minimum atomic E-state index is 0.0110. The maximum atomic E-state index is 11.7. The number of hydrogen-bond acceptors (Lipinski definition) is 3. The molecular weight excluding hydrogens is 255 g/mol. The first-order chi connectivity index (χ1) is 6.16. The molecule has 0 aromatic rings. The molecule has 2 nitrogen and oxygen atoms in total. The van der Waals surface area contributed by atoms with Gasteiger partial charge in [-0.3, -0.25) is 5.41 Å². The predicted molar refractivity (Wildman–Crippen MR) is 58.4 cm³/mol. The van der Waals surface area contributed by atoms with Crippen LogP contribution in [0.2, 0.25) is 0 Å². The summed E-state index contributed by atoms with van der Waals surface area (Å²) in [5.41, 5.74) is 2.01. The first-order valence-electron chi connectivity index (χ1n) is 3.54. The summed E-state index contributed by atoms with van der Waals surface area (Å²) < 4.78 is 14.8. The van der Waals surface area contributed by atoms with E-state index in [1.54, 1.807) is 6.08 Å². The molecule has 0 unspecified atom stereocenters. The predicted octanol–water partition coefficient (Wildman–Crippen LogP) is 3.25. The third kappa shape index (κ3) is 2.45. The lowest BCUT2D eigenvalue weighted by Gasteiger charge is -2.11. The van der Waals surface area contributed by atoms with Crippen molar-refractivity contribution in [1.82, 2.24) is 4.72 Å². The van der Waals surface area contributed by atoms with Crippen LogP contribution in [0.15, 0.2) is 34.0 Å². The summed E-state index contributed by atoms with van der Waals surface area (Å²) in [7, 11) is 0. The molecule has 0 bridgehead atoms. The maximum absolute atomic E-state index is 11.7. The summed E-state index contributed by atoms with van der Waals surface area (Å²) in [4.78, 5) is 0. The molecule has 0 amide bonds. The fraction of sp³-hybridized carbons (Fsp3) is 0.125. The molecule has 2 N–H and O–H groups in total. The Morgan fingerprint density at radius 2 is 2.31 bits per heavy atom. The Morgan fingerprint density at radius 3 is 2.92 bits per heavy atom. The molecule has 0 saturated carbocycles. The SMILES string of the molecule is CC1=C(Br)C(=N)/C(=C\NSF)C=C1. The topological polar surface area (TPSA) is 35.9 Å². The fourth-order valence-electron chi connectivity index (χ4n) is 0.901. The Hall–Kier alpha value is -0.550. The van der Waals surface area contributed by atoms with Crippen molar-refractivity contribution in [3.05, 3.63) is 34.0 Å². The van der Waals surface area contributed by atoms with Gasteiger partial charge in [-0.05, 0) is 28.4 Å². The molecule has 0 spiro atoms. The Kier molecular flexibility index (Phi) is 3.74. The van der Waals surface area contributed by atoms with Gasteiger partial charge >= 0.3 is 0 Å². The van der Waals surface area contributed by atoms with Gasteiger partial charge in [0.25, 0.3) is 0 Å². The van der Waals surface area contributed by atoms with Crippen molar-refractivity contribution in [1.29, 1.82) is 5.41 Å². The summed E-state index contributed by atoms with van der Waals surface area (Å²) in [5.74, 6) is 0. The van der Waals surface area contributed by atoms with Crippen LogP contribution < -0.4 is 4.72 Å². The van der Waals surface area contributed by atoms with Crippen LogP contribution in [0.25, 0.3) is 0 Å². The Balaban J connectivity index is 2.87. The third-order valence-electron chi connectivity index (χ3n) is 1.63. The summed E-state index contributed by atoms with van der Waals surface area (Å²) in [6.07, 6.45) is 5.10. The zero-order valence-corrected chi connectivity index (χ0v) is 9.30. The Bertz CT molecular complexity index is 320. The summed E-state index contributed by atoms with van der Waals surface area (Å²) in [6.45, 7) is 1.91. The monoisotopic (exact) mass is 262 g/mol. The van der Waals surface area contributed by atoms with E-state index in [-0.39, 0.29) is 12.3 Å². The van der Waals surface area contributed by atoms with Gasteiger partial charge < -0.3 is 4.72 Å². The zero-order valence-electron chi connectivity index (χ0n) is 6.90. The molecule has 0 atom stereocenters. The molecule has 0 aromatic carbocycles. The minimum absolute atomic E-state index is 0.0110. The van der Waals surface area contributed by atoms with Crippen LogP contribution in [0.5, 0.6) is 0 Å². The zero-order chi connectivity index (χ0) is 9.84. The van der Waals surface area contributed by atoms with Gasteiger partial charge in [0, 0.05) is 16.3 Å². The van der Waals surface area contributed by atoms with Crippen LogP contribution >= 0.6 is 28.3 Å². The van der Waals surface area contributed by atoms with Gasteiger partial charge in [0.2, 0.25) is 0 Å². The third-order valence-corrected chi connectivity index (χ3v) is 2.86. The van der Waals surface area contributed by atoms with Gasteiger partial charge in [-0.2, -0.15) is 0 Å². The molecule has 0 heterocycles. The highest BCUT2D eigenvalue weighted by molar-refractivity contribution is 9.12. The van der Waals surface area contributed by atoms with Crippen molar-refractivity contribution < 1.29 is 3.89 Å². The van der Waals surface area contributed by atoms with E-state index in [1.807, 2.05) is 13.0 Å². The van der Waals surface area contributed by atoms with E-state index in [0.29, 0.717) is 11.3 Å². The molecule has 0 aromatic heterocycles. The van der Waals surface area contributed by atoms with Gasteiger partial charge in [-0.15, -0.1) is 3.89 Å². The van der Waals surface area contributed by atoms with E-state index in [4.69, 9.17) is 5.41 Å². The van der Waals surface area contributed by atoms with E-state index < -0.39 is 0 Å². The summed E-state index contributed by atoms with van der Waals surface area (Å²) in [6, 6.07) is 0. The van der Waals surface area contributed by atoms with Crippen molar-refractivity contribution in [2.24, 2.45) is 0 Å². The molecule has 1 aliphatic carbocycles. The minimum Gasteiger partial charge on any atom is -0.309 e. The van der Waals surface area contributed by atoms with Crippen LogP contribution in [0, 0.1) is 5.41 Å². The maximum Gasteiger partial charge on any atom is 0.161 e. The van der Waals surface area contributed by atoms with Gasteiger partial charge in [0.05, 0.1) is 5.71 Å². The molecule has 0 radical (unpaired) electrons. The molecule has 0 aliphatic heterocycles. The van der Waals surface area contributed by atoms with Crippen LogP contribution in [0.3, 0.4) is 0 Å². The largest absolute Gasteiger partial charge is 0.309 e. The van der Waals surface area contributed by atoms with Crippen molar-refractivity contribution in [2.75, 3.05) is 0 Å². The lowest BCUT2D eigenvalue weighted by atomic mass is 10.0. The van der Waals surface area contributed by atoms with Crippen LogP contribution in [0.4, 0.5) is 3.89 Å². The lowest BCUT2D eigenvalue weighted by molar-refractivity contribution is 0.925. The summed E-state index contributed by atoms with van der Waals surface area (Å²) >= 11 is 3.30. The molecule has 70 valence electrons. The van der Waals surface area contributed by atoms with Gasteiger partial charge in [0.1, 0.15) is 0 Å². The van der Waals surface area contributed by atoms with Crippen LogP contribution in [0.1, 0.15) is 6.92 Å². The standard InChI is InChI=1S/C8H8BrFN2S/c1-5-2-3-6(4-12-13-10)8(11)7(5)9/h2-4,11-12H,1H3/b6-4-,11-8?. The van der Waals surface area contributed by atoms with Crippen molar-refractivity contribution in [3.63, 3.8) is 0 Å². The Labute approximate surface area is 89.0 Å². The first-order valence-corrected chi connectivity index (χ1v) is 5.05. The number of halogens is 2. The fourth-order valence-corrected chi connectivity index (χ4v) is 1.43. The second-order valence-electron chi connectivity index (χ2n) is 2.50. The lowest BCUT2D eigenvalue weighted by Crippen LogP contribution is -2.07. The highest BCUT2D eigenvalue weighted by atomic mass is 79.9. The van der Waals surface area contributed by atoms with Crippen LogP contribution in [-0.4, -0.2) is 5.71 Å². The molecule has 1 rings (SSSR count). The average Bonchev–Trinajstić information content (AvgIpc) is 2.13. The molecule has 0 saturated heterocycles. The molecule has 5 heteroatoms. The first kappa shape index (κ1) is 10.5. The number of rotatable bonds is 2. The van der Waals surface area contributed by atoms with E-state index in [2.05, 4.69) is 20.7 Å². The van der Waals surface area contributed by atoms with E-state index >= 15 is 0 Å². The molecular formula is C8H8BrFN2S. The van der Waals surface area contributed by atoms with E-state index in [9.17, 15) is 3.89 Å². The normalized spacial score (nSPS) is 19.9. The smallest absolute Gasteiger partial charge is 0.161 e. The molecule has 13 heavy (non-hydrogen) atoms. The second kappa shape index (κ2) is 4.62. The molecule has 0 fully saturated rings. The van der Waals surface area contributed by atoms with E-state index in [1.165, 1.54) is 6.20 Å². The quantitative estimate of drug-likeness (QED) is 0.750. The van der Waals surface area contributed by atoms with Crippen molar-refractivity contribution in [3.8, 4) is 0 Å². The Morgan fingerprint density at radius 1 is 1.62 bits per heavy atom. The van der Waals surface area contributed by atoms with Crippen molar-refractivity contribution >= 4 is 34.0 Å². The average molecular weight is 263 g/mol. The highest BCUT2D eigenvalue weighted by Crippen LogP contribution is 2.24. The number of allylic oxidation sites excluding steroid dienone is 5. The van der Waals surface area contributed by atoms with Gasteiger partial charge in [-0.25, -0.2) is 0 Å². The second-order valence-corrected chi connectivity index (χ2v) is 3.68. The van der Waals surface area contributed by atoms with Crippen molar-refractivity contribution in [2.45, 2.75) is 6.92 Å². The molecule has 1 aliphatic rings. The van der Waals surface area contributed by atoms with Gasteiger partial charge in [0.15, 0.2) is 12.3 Å². The van der Waals surface area contributed by atoms with Crippen LogP contribution in [-0.2, 0) is 0 Å². The number of nitrogens with one attached hydrogen (secondary N) is 2. The summed E-state index contributed by atoms with van der Waals surface area (Å²) in [5, 5.41) is 7.66. The van der Waals surface area contributed by atoms with E-state index in [0.717, 1.165) is 10.1 Å². The highest BCUT2D eigenvalue weighted by Gasteiger charge is 2.12.